The first kappa shape index (κ1) is 16.3. The minimum Gasteiger partial charge on any atom is -0.334 e. The van der Waals surface area contributed by atoms with Gasteiger partial charge in [-0.3, -0.25) is 14.9 Å². The number of nitrogens with one attached hydrogen (secondary N) is 1. The number of hydrogen-bond acceptors (Lipinski definition) is 6. The Balaban J connectivity index is 1.80. The molecule has 2 aromatic carbocycles. The molecule has 25 heavy (non-hydrogen) atoms. The number of benzene rings is 2. The standard InChI is InChI=1S/C17H14N4O4/c1-10-14(4-3-5-15(10)21(23)24)19-16(22)12-6-8-13(9-7-12)17-18-11(2)20-25-17/h3-9H,1-2H3,(H,19,22). The van der Waals surface area contributed by atoms with Crippen LogP contribution in [0.25, 0.3) is 11.5 Å². The first-order chi connectivity index (χ1) is 12.0. The highest BCUT2D eigenvalue weighted by Crippen LogP contribution is 2.25. The summed E-state index contributed by atoms with van der Waals surface area (Å²) >= 11 is 0. The second-order valence-electron chi connectivity index (χ2n) is 5.39. The van der Waals surface area contributed by atoms with Gasteiger partial charge in [-0.1, -0.05) is 11.2 Å². The molecule has 0 saturated carbocycles. The molecule has 0 aliphatic heterocycles. The Kier molecular flexibility index (Phi) is 4.25. The van der Waals surface area contributed by atoms with Gasteiger partial charge in [0.15, 0.2) is 5.82 Å². The summed E-state index contributed by atoms with van der Waals surface area (Å²) < 4.78 is 5.07. The van der Waals surface area contributed by atoms with Gasteiger partial charge in [-0.2, -0.15) is 4.98 Å². The topological polar surface area (TPSA) is 111 Å². The van der Waals surface area contributed by atoms with Crippen molar-refractivity contribution in [2.45, 2.75) is 13.8 Å². The number of nitro benzene ring substituents is 1. The largest absolute Gasteiger partial charge is 0.334 e. The van der Waals surface area contributed by atoms with Crippen molar-refractivity contribution in [1.29, 1.82) is 0 Å². The zero-order chi connectivity index (χ0) is 18.0. The van der Waals surface area contributed by atoms with Gasteiger partial charge in [0.2, 0.25) is 0 Å². The van der Waals surface area contributed by atoms with Gasteiger partial charge in [0.25, 0.3) is 17.5 Å². The summed E-state index contributed by atoms with van der Waals surface area (Å²) in [6.45, 7) is 3.31. The number of carbonyl (C=O) groups excluding carboxylic acids is 1. The molecule has 0 radical (unpaired) electrons. The summed E-state index contributed by atoms with van der Waals surface area (Å²) in [5.41, 5.74) is 1.86. The number of amides is 1. The maximum Gasteiger partial charge on any atom is 0.274 e. The van der Waals surface area contributed by atoms with Gasteiger partial charge in [0, 0.05) is 17.2 Å². The van der Waals surface area contributed by atoms with E-state index in [-0.39, 0.29) is 11.6 Å². The zero-order valence-electron chi connectivity index (χ0n) is 13.5. The molecule has 3 rings (SSSR count). The Labute approximate surface area is 142 Å². The van der Waals surface area contributed by atoms with Crippen LogP contribution in [0.4, 0.5) is 11.4 Å². The van der Waals surface area contributed by atoms with Gasteiger partial charge in [-0.05, 0) is 44.2 Å². The molecule has 0 unspecified atom stereocenters. The average Bonchev–Trinajstić information content (AvgIpc) is 3.03. The normalized spacial score (nSPS) is 10.5. The van der Waals surface area contributed by atoms with Crippen molar-refractivity contribution in [3.8, 4) is 11.5 Å². The zero-order valence-corrected chi connectivity index (χ0v) is 13.5. The highest BCUT2D eigenvalue weighted by Gasteiger charge is 2.16. The highest BCUT2D eigenvalue weighted by atomic mass is 16.6. The van der Waals surface area contributed by atoms with E-state index in [1.54, 1.807) is 44.2 Å². The van der Waals surface area contributed by atoms with Crippen LogP contribution >= 0.6 is 0 Å². The van der Waals surface area contributed by atoms with Crippen LogP contribution < -0.4 is 5.32 Å². The van der Waals surface area contributed by atoms with E-state index in [1.807, 2.05) is 0 Å². The van der Waals surface area contributed by atoms with E-state index in [4.69, 9.17) is 4.52 Å². The van der Waals surface area contributed by atoms with Crippen molar-refractivity contribution in [2.24, 2.45) is 0 Å². The van der Waals surface area contributed by atoms with Gasteiger partial charge in [0.1, 0.15) is 0 Å². The Bertz CT molecular complexity index is 948. The molecule has 0 saturated heterocycles. The van der Waals surface area contributed by atoms with E-state index in [1.165, 1.54) is 12.1 Å². The number of anilines is 1. The minimum atomic E-state index is -0.480. The fourth-order valence-electron chi connectivity index (χ4n) is 2.33. The summed E-state index contributed by atoms with van der Waals surface area (Å²) in [5.74, 6) is 0.536. The van der Waals surface area contributed by atoms with Crippen LogP contribution in [0.3, 0.4) is 0 Å². The third kappa shape index (κ3) is 3.37. The molecule has 1 N–H and O–H groups in total. The molecule has 8 heteroatoms. The van der Waals surface area contributed by atoms with Gasteiger partial charge in [-0.15, -0.1) is 0 Å². The Morgan fingerprint density at radius 2 is 1.88 bits per heavy atom. The lowest BCUT2D eigenvalue weighted by molar-refractivity contribution is -0.385. The third-order valence-corrected chi connectivity index (χ3v) is 3.67. The van der Waals surface area contributed by atoms with Crippen molar-refractivity contribution in [1.82, 2.24) is 10.1 Å². The SMILES string of the molecule is Cc1noc(-c2ccc(C(=O)Nc3cccc([N+](=O)[O-])c3C)cc2)n1. The molecule has 3 aromatic rings. The van der Waals surface area contributed by atoms with Crippen LogP contribution in [0.2, 0.25) is 0 Å². The van der Waals surface area contributed by atoms with E-state index >= 15 is 0 Å². The number of nitro groups is 1. The Morgan fingerprint density at radius 1 is 1.16 bits per heavy atom. The minimum absolute atomic E-state index is 0.0417. The molecule has 0 spiro atoms. The van der Waals surface area contributed by atoms with E-state index in [0.717, 1.165) is 0 Å². The molecular formula is C17H14N4O4. The first-order valence-electron chi connectivity index (χ1n) is 7.42. The summed E-state index contributed by atoms with van der Waals surface area (Å²) in [5, 5.41) is 17.4. The van der Waals surface area contributed by atoms with E-state index in [2.05, 4.69) is 15.5 Å². The number of hydrogen-bond donors (Lipinski definition) is 1. The van der Waals surface area contributed by atoms with Gasteiger partial charge < -0.3 is 9.84 Å². The summed E-state index contributed by atoms with van der Waals surface area (Å²) in [6.07, 6.45) is 0. The van der Waals surface area contributed by atoms with Crippen LogP contribution in [0, 0.1) is 24.0 Å². The quantitative estimate of drug-likeness (QED) is 0.575. The molecule has 0 aliphatic carbocycles. The first-order valence-corrected chi connectivity index (χ1v) is 7.42. The lowest BCUT2D eigenvalue weighted by Gasteiger charge is -2.08. The van der Waals surface area contributed by atoms with Gasteiger partial charge in [-0.25, -0.2) is 0 Å². The van der Waals surface area contributed by atoms with E-state index in [0.29, 0.717) is 34.1 Å². The molecule has 1 amide bonds. The number of aromatic nitrogens is 2. The van der Waals surface area contributed by atoms with E-state index in [9.17, 15) is 14.9 Å². The second-order valence-corrected chi connectivity index (χ2v) is 5.39. The van der Waals surface area contributed by atoms with Crippen molar-refractivity contribution < 1.29 is 14.2 Å². The van der Waals surface area contributed by atoms with Gasteiger partial charge in [0.05, 0.1) is 16.2 Å². The smallest absolute Gasteiger partial charge is 0.274 e. The fraction of sp³-hybridized carbons (Fsp3) is 0.118. The maximum absolute atomic E-state index is 12.4. The monoisotopic (exact) mass is 338 g/mol. The van der Waals surface area contributed by atoms with Gasteiger partial charge >= 0.3 is 0 Å². The molecule has 1 heterocycles. The maximum atomic E-state index is 12.4. The molecular weight excluding hydrogens is 324 g/mol. The van der Waals surface area contributed by atoms with Crippen molar-refractivity contribution >= 4 is 17.3 Å². The molecule has 0 fully saturated rings. The number of rotatable bonds is 4. The number of carbonyl (C=O) groups is 1. The Hall–Kier alpha value is -3.55. The predicted octanol–water partition coefficient (Wildman–Crippen LogP) is 3.51. The second kappa shape index (κ2) is 6.52. The van der Waals surface area contributed by atoms with Crippen LogP contribution in [-0.2, 0) is 0 Å². The molecule has 0 atom stereocenters. The number of aryl methyl sites for hydroxylation is 1. The van der Waals surface area contributed by atoms with Crippen LogP contribution in [0.1, 0.15) is 21.7 Å². The summed E-state index contributed by atoms with van der Waals surface area (Å²) in [6, 6.07) is 11.2. The molecule has 0 bridgehead atoms. The fourth-order valence-corrected chi connectivity index (χ4v) is 2.33. The van der Waals surface area contributed by atoms with Crippen molar-refractivity contribution in [3.63, 3.8) is 0 Å². The Morgan fingerprint density at radius 3 is 2.48 bits per heavy atom. The van der Waals surface area contributed by atoms with Crippen LogP contribution in [0.15, 0.2) is 47.0 Å². The predicted molar refractivity (Wildman–Crippen MR) is 90.3 cm³/mol. The van der Waals surface area contributed by atoms with Crippen LogP contribution in [-0.4, -0.2) is 21.0 Å². The summed E-state index contributed by atoms with van der Waals surface area (Å²) in [7, 11) is 0. The third-order valence-electron chi connectivity index (χ3n) is 3.67. The highest BCUT2D eigenvalue weighted by molar-refractivity contribution is 6.05. The lowest BCUT2D eigenvalue weighted by Crippen LogP contribution is -2.13. The number of nitrogens with zero attached hydrogens (tertiary/aromatic N) is 3. The molecule has 1 aromatic heterocycles. The van der Waals surface area contributed by atoms with Crippen LogP contribution in [0.5, 0.6) is 0 Å². The molecule has 126 valence electrons. The average molecular weight is 338 g/mol. The molecule has 8 nitrogen and oxygen atoms in total. The summed E-state index contributed by atoms with van der Waals surface area (Å²) in [4.78, 5) is 27.0. The van der Waals surface area contributed by atoms with Crippen molar-refractivity contribution in [2.75, 3.05) is 5.32 Å². The molecule has 0 aliphatic rings. The lowest BCUT2D eigenvalue weighted by atomic mass is 10.1. The van der Waals surface area contributed by atoms with E-state index < -0.39 is 4.92 Å². The van der Waals surface area contributed by atoms with Crippen molar-refractivity contribution in [3.05, 3.63) is 69.5 Å².